The predicted octanol–water partition coefficient (Wildman–Crippen LogP) is 4.55. The van der Waals surface area contributed by atoms with Crippen molar-refractivity contribution in [3.63, 3.8) is 0 Å². The van der Waals surface area contributed by atoms with Gasteiger partial charge in [-0.25, -0.2) is 4.79 Å². The Hall–Kier alpha value is -3.41. The lowest BCUT2D eigenvalue weighted by molar-refractivity contribution is -0.129. The Balaban J connectivity index is 1.65. The first-order chi connectivity index (χ1) is 14.5. The van der Waals surface area contributed by atoms with E-state index in [1.54, 1.807) is 35.4 Å². The van der Waals surface area contributed by atoms with Crippen molar-refractivity contribution in [2.75, 3.05) is 11.9 Å². The summed E-state index contributed by atoms with van der Waals surface area (Å²) in [5, 5.41) is 2.84. The van der Waals surface area contributed by atoms with E-state index in [2.05, 4.69) is 5.32 Å². The molecule has 0 radical (unpaired) electrons. The lowest BCUT2D eigenvalue weighted by Crippen LogP contribution is -2.33. The van der Waals surface area contributed by atoms with Crippen LogP contribution in [0, 0.1) is 0 Å². The third-order valence-electron chi connectivity index (χ3n) is 4.98. The van der Waals surface area contributed by atoms with Gasteiger partial charge in [0.25, 0.3) is 0 Å². The second-order valence-electron chi connectivity index (χ2n) is 7.21. The molecule has 2 amide bonds. The molecule has 0 saturated heterocycles. The van der Waals surface area contributed by atoms with Gasteiger partial charge >= 0.3 is 5.97 Å². The topological polar surface area (TPSA) is 75.7 Å². The number of hydrogen-bond donors (Lipinski definition) is 1. The minimum Gasteiger partial charge on any atom is -0.462 e. The monoisotopic (exact) mass is 406 g/mol. The molecule has 3 rings (SSSR count). The van der Waals surface area contributed by atoms with E-state index in [1.807, 2.05) is 37.3 Å². The summed E-state index contributed by atoms with van der Waals surface area (Å²) in [6.45, 7) is 3.92. The number of esters is 1. The molecule has 30 heavy (non-hydrogen) atoms. The fourth-order valence-corrected chi connectivity index (χ4v) is 3.38. The molecule has 1 heterocycles. The van der Waals surface area contributed by atoms with Gasteiger partial charge in [-0.1, -0.05) is 37.6 Å². The predicted molar refractivity (Wildman–Crippen MR) is 116 cm³/mol. The van der Waals surface area contributed by atoms with Crippen molar-refractivity contribution in [3.05, 3.63) is 71.4 Å². The maximum atomic E-state index is 12.7. The number of fused-ring (bicyclic) bond motifs is 1. The Labute approximate surface area is 176 Å². The molecule has 2 aromatic rings. The number of anilines is 1. The van der Waals surface area contributed by atoms with Gasteiger partial charge in [-0.15, -0.1) is 0 Å². The van der Waals surface area contributed by atoms with Gasteiger partial charge in [0.05, 0.1) is 24.6 Å². The van der Waals surface area contributed by atoms with Crippen LogP contribution < -0.4 is 5.32 Å². The molecule has 1 aliphatic heterocycles. The van der Waals surface area contributed by atoms with Crippen LogP contribution in [-0.4, -0.2) is 29.3 Å². The Morgan fingerprint density at radius 1 is 1.07 bits per heavy atom. The summed E-state index contributed by atoms with van der Waals surface area (Å²) in [7, 11) is 0. The molecule has 0 bridgehead atoms. The van der Waals surface area contributed by atoms with E-state index < -0.39 is 0 Å². The highest BCUT2D eigenvalue weighted by Crippen LogP contribution is 2.33. The Morgan fingerprint density at radius 2 is 1.80 bits per heavy atom. The lowest BCUT2D eigenvalue weighted by Gasteiger charge is -2.32. The largest absolute Gasteiger partial charge is 0.462 e. The number of rotatable bonds is 7. The first kappa shape index (κ1) is 21.3. The van der Waals surface area contributed by atoms with E-state index in [4.69, 9.17) is 4.74 Å². The second kappa shape index (κ2) is 9.87. The van der Waals surface area contributed by atoms with Crippen LogP contribution in [0.3, 0.4) is 0 Å². The molecule has 0 unspecified atom stereocenters. The Kier molecular flexibility index (Phi) is 7.01. The molecule has 2 aromatic carbocycles. The number of carbonyl (C=O) groups is 3. The molecule has 0 aliphatic carbocycles. The number of amides is 2. The first-order valence-corrected chi connectivity index (χ1v) is 10.1. The zero-order chi connectivity index (χ0) is 21.5. The highest BCUT2D eigenvalue weighted by Gasteiger charge is 2.28. The summed E-state index contributed by atoms with van der Waals surface area (Å²) < 4.78 is 5.19. The summed E-state index contributed by atoms with van der Waals surface area (Å²) in [4.78, 5) is 38.3. The van der Waals surface area contributed by atoms with Crippen molar-refractivity contribution >= 4 is 29.5 Å². The number of hydrogen-bond acceptors (Lipinski definition) is 4. The minimum absolute atomic E-state index is 0.121. The normalized spacial score (nSPS) is 14.7. The van der Waals surface area contributed by atoms with Crippen molar-refractivity contribution in [3.8, 4) is 0 Å². The Morgan fingerprint density at radius 3 is 2.50 bits per heavy atom. The van der Waals surface area contributed by atoms with Crippen LogP contribution in [0.2, 0.25) is 0 Å². The van der Waals surface area contributed by atoms with Crippen molar-refractivity contribution < 1.29 is 19.1 Å². The average molecular weight is 406 g/mol. The number of ether oxygens (including phenoxy) is 1. The van der Waals surface area contributed by atoms with Crippen molar-refractivity contribution in [2.45, 2.75) is 39.2 Å². The number of unbranched alkanes of at least 4 members (excludes halogenated alkanes) is 1. The third kappa shape index (κ3) is 5.14. The van der Waals surface area contributed by atoms with Crippen molar-refractivity contribution in [1.82, 2.24) is 4.90 Å². The molecule has 0 aromatic heterocycles. The number of nitrogens with zero attached hydrogens (tertiary/aromatic N) is 1. The van der Waals surface area contributed by atoms with E-state index >= 15 is 0 Å². The van der Waals surface area contributed by atoms with Crippen molar-refractivity contribution in [1.29, 1.82) is 0 Å². The van der Waals surface area contributed by atoms with E-state index in [0.29, 0.717) is 17.9 Å². The van der Waals surface area contributed by atoms with Gasteiger partial charge in [0.15, 0.2) is 0 Å². The molecule has 0 fully saturated rings. The van der Waals surface area contributed by atoms with E-state index in [0.717, 1.165) is 24.0 Å². The Bertz CT molecular complexity index is 950. The lowest BCUT2D eigenvalue weighted by atomic mass is 9.93. The molecular formula is C24H26N2O4. The quantitative estimate of drug-likeness (QED) is 0.541. The van der Waals surface area contributed by atoms with Gasteiger partial charge < -0.3 is 15.0 Å². The SMILES string of the molecule is CCCCOC(=O)c1ccc(NC(=O)C[C@@H]2c3ccccc3C=CN2C(C)=O)cc1. The van der Waals surface area contributed by atoms with Crippen LogP contribution in [0.25, 0.3) is 6.08 Å². The van der Waals surface area contributed by atoms with Gasteiger partial charge in [0.2, 0.25) is 11.8 Å². The van der Waals surface area contributed by atoms with Gasteiger partial charge in [0, 0.05) is 18.8 Å². The molecule has 6 nitrogen and oxygen atoms in total. The third-order valence-corrected chi connectivity index (χ3v) is 4.98. The molecule has 0 spiro atoms. The van der Waals surface area contributed by atoms with Gasteiger partial charge in [-0.05, 0) is 47.9 Å². The first-order valence-electron chi connectivity index (χ1n) is 10.1. The molecule has 0 saturated carbocycles. The fraction of sp³-hybridized carbons (Fsp3) is 0.292. The molecule has 1 aliphatic rings. The number of carbonyl (C=O) groups excluding carboxylic acids is 3. The van der Waals surface area contributed by atoms with Gasteiger partial charge in [-0.3, -0.25) is 9.59 Å². The maximum Gasteiger partial charge on any atom is 0.338 e. The second-order valence-corrected chi connectivity index (χ2v) is 7.21. The van der Waals surface area contributed by atoms with Crippen LogP contribution in [0.5, 0.6) is 0 Å². The zero-order valence-electron chi connectivity index (χ0n) is 17.3. The van der Waals surface area contributed by atoms with E-state index in [1.165, 1.54) is 6.92 Å². The smallest absolute Gasteiger partial charge is 0.338 e. The average Bonchev–Trinajstić information content (AvgIpc) is 2.74. The van der Waals surface area contributed by atoms with Crippen LogP contribution in [0.1, 0.15) is 60.6 Å². The van der Waals surface area contributed by atoms with Crippen LogP contribution in [-0.2, 0) is 14.3 Å². The van der Waals surface area contributed by atoms with Crippen LogP contribution in [0.15, 0.2) is 54.7 Å². The fourth-order valence-electron chi connectivity index (χ4n) is 3.38. The van der Waals surface area contributed by atoms with E-state index in [9.17, 15) is 14.4 Å². The molecule has 1 atom stereocenters. The molecule has 156 valence electrons. The van der Waals surface area contributed by atoms with E-state index in [-0.39, 0.29) is 30.2 Å². The molecule has 6 heteroatoms. The van der Waals surface area contributed by atoms with Gasteiger partial charge in [0.1, 0.15) is 0 Å². The summed E-state index contributed by atoms with van der Waals surface area (Å²) in [5.74, 6) is -0.705. The van der Waals surface area contributed by atoms with Crippen LogP contribution in [0.4, 0.5) is 5.69 Å². The summed E-state index contributed by atoms with van der Waals surface area (Å²) in [6.07, 6.45) is 5.52. The summed E-state index contributed by atoms with van der Waals surface area (Å²) in [6, 6.07) is 14.0. The standard InChI is InChI=1S/C24H26N2O4/c1-3-4-15-30-24(29)19-9-11-20(12-10-19)25-23(28)16-22-21-8-6-5-7-18(21)13-14-26(22)17(2)27/h5-14,22H,3-4,15-16H2,1-2H3,(H,25,28)/t22-/m1/s1. The van der Waals surface area contributed by atoms with Crippen LogP contribution >= 0.6 is 0 Å². The summed E-state index contributed by atoms with van der Waals surface area (Å²) >= 11 is 0. The highest BCUT2D eigenvalue weighted by atomic mass is 16.5. The van der Waals surface area contributed by atoms with Gasteiger partial charge in [-0.2, -0.15) is 0 Å². The molecular weight excluding hydrogens is 380 g/mol. The maximum absolute atomic E-state index is 12.7. The van der Waals surface area contributed by atoms with Crippen molar-refractivity contribution in [2.24, 2.45) is 0 Å². The number of nitrogens with one attached hydrogen (secondary N) is 1. The summed E-state index contributed by atoms with van der Waals surface area (Å²) in [5.41, 5.74) is 2.96. The minimum atomic E-state index is -0.371. The highest BCUT2D eigenvalue weighted by molar-refractivity contribution is 5.94. The zero-order valence-corrected chi connectivity index (χ0v) is 17.3. The number of benzene rings is 2. The molecule has 1 N–H and O–H groups in total.